The number of carbonyl (C=O) groups is 1. The summed E-state index contributed by atoms with van der Waals surface area (Å²) in [7, 11) is 0. The Hall–Kier alpha value is -2.17. The Morgan fingerprint density at radius 1 is 1.24 bits per heavy atom. The first-order valence-corrected chi connectivity index (χ1v) is 7.32. The lowest BCUT2D eigenvalue weighted by Crippen LogP contribution is -2.47. The van der Waals surface area contributed by atoms with E-state index in [0.29, 0.717) is 17.7 Å². The third-order valence-corrected chi connectivity index (χ3v) is 4.33. The number of carbonyl (C=O) groups excluding carboxylic acids is 1. The molecule has 0 atom stereocenters. The van der Waals surface area contributed by atoms with E-state index in [1.807, 2.05) is 35.2 Å². The molecule has 0 spiro atoms. The number of ketones is 1. The zero-order chi connectivity index (χ0) is 14.8. The molecule has 5 nitrogen and oxygen atoms in total. The van der Waals surface area contributed by atoms with Gasteiger partial charge in [-0.05, 0) is 18.4 Å². The Labute approximate surface area is 123 Å². The second kappa shape index (κ2) is 5.68. The van der Waals surface area contributed by atoms with Crippen LogP contribution >= 0.6 is 0 Å². The van der Waals surface area contributed by atoms with Crippen LogP contribution in [0.3, 0.4) is 0 Å². The predicted molar refractivity (Wildman–Crippen MR) is 78.3 cm³/mol. The molecule has 21 heavy (non-hydrogen) atoms. The van der Waals surface area contributed by atoms with Gasteiger partial charge in [-0.3, -0.25) is 14.9 Å². The fourth-order valence-corrected chi connectivity index (χ4v) is 3.32. The number of fused-ring (bicyclic) bond motifs is 3. The van der Waals surface area contributed by atoms with Gasteiger partial charge in [0.15, 0.2) is 5.78 Å². The molecule has 3 aliphatic heterocycles. The third kappa shape index (κ3) is 2.82. The van der Waals surface area contributed by atoms with Gasteiger partial charge in [-0.2, -0.15) is 0 Å². The normalized spacial score (nSPS) is 20.8. The van der Waals surface area contributed by atoms with E-state index in [4.69, 9.17) is 0 Å². The largest absolute Gasteiger partial charge is 0.368 e. The van der Waals surface area contributed by atoms with E-state index in [0.717, 1.165) is 31.5 Å². The average molecular weight is 286 g/mol. The molecule has 0 unspecified atom stereocenters. The fraction of sp³-hybridized carbons (Fsp3) is 0.438. The maximum absolute atomic E-state index is 12.5. The van der Waals surface area contributed by atoms with Gasteiger partial charge in [0.25, 0.3) is 0 Å². The lowest BCUT2D eigenvalue weighted by Gasteiger charge is -2.42. The number of allylic oxidation sites excluding steroid dienone is 1. The summed E-state index contributed by atoms with van der Waals surface area (Å²) in [6, 6.07) is 9.64. The van der Waals surface area contributed by atoms with Crippen LogP contribution in [0.4, 0.5) is 0 Å². The highest BCUT2D eigenvalue weighted by atomic mass is 16.6. The molecular formula is C16H18N2O3. The topological polar surface area (TPSA) is 63.4 Å². The maximum atomic E-state index is 12.5. The first kappa shape index (κ1) is 13.8. The molecule has 0 amide bonds. The Kier molecular flexibility index (Phi) is 3.73. The number of Topliss-reactive ketones (excluding diaryl/α,β-unsaturated/α-hetero) is 1. The minimum Gasteiger partial charge on any atom is -0.368 e. The van der Waals surface area contributed by atoms with Crippen molar-refractivity contribution < 1.29 is 9.72 Å². The van der Waals surface area contributed by atoms with Gasteiger partial charge in [-0.1, -0.05) is 30.3 Å². The van der Waals surface area contributed by atoms with E-state index < -0.39 is 0 Å². The van der Waals surface area contributed by atoms with Gasteiger partial charge in [0.2, 0.25) is 6.54 Å². The molecule has 3 saturated heterocycles. The van der Waals surface area contributed by atoms with Crippen molar-refractivity contribution in [1.82, 2.24) is 4.90 Å². The molecule has 3 fully saturated rings. The molecule has 110 valence electrons. The number of hydrogen-bond acceptors (Lipinski definition) is 4. The second-order valence-corrected chi connectivity index (χ2v) is 5.73. The molecule has 0 aromatic heterocycles. The van der Waals surface area contributed by atoms with Crippen molar-refractivity contribution in [2.45, 2.75) is 19.3 Å². The van der Waals surface area contributed by atoms with Gasteiger partial charge in [0.1, 0.15) is 0 Å². The molecule has 1 aromatic carbocycles. The van der Waals surface area contributed by atoms with Crippen molar-refractivity contribution in [2.75, 3.05) is 19.6 Å². The first-order chi connectivity index (χ1) is 10.1. The van der Waals surface area contributed by atoms with Crippen molar-refractivity contribution in [2.24, 2.45) is 5.92 Å². The molecule has 0 saturated carbocycles. The Bertz CT molecular complexity index is 587. The Morgan fingerprint density at radius 2 is 1.90 bits per heavy atom. The molecule has 0 aliphatic carbocycles. The summed E-state index contributed by atoms with van der Waals surface area (Å²) in [5, 5.41) is 11.0. The van der Waals surface area contributed by atoms with Crippen LogP contribution in [0.15, 0.2) is 41.6 Å². The van der Waals surface area contributed by atoms with E-state index in [9.17, 15) is 14.9 Å². The van der Waals surface area contributed by atoms with Gasteiger partial charge in [-0.15, -0.1) is 0 Å². The number of hydrogen-bond donors (Lipinski definition) is 0. The van der Waals surface area contributed by atoms with Crippen LogP contribution < -0.4 is 0 Å². The van der Waals surface area contributed by atoms with E-state index in [1.54, 1.807) is 0 Å². The molecule has 4 rings (SSSR count). The second-order valence-electron chi connectivity index (χ2n) is 5.73. The lowest BCUT2D eigenvalue weighted by molar-refractivity contribution is -0.471. The summed E-state index contributed by atoms with van der Waals surface area (Å²) in [6.45, 7) is 1.45. The smallest absolute Gasteiger partial charge is 0.227 e. The number of rotatable bonds is 4. The summed E-state index contributed by atoms with van der Waals surface area (Å²) in [4.78, 5) is 25.2. The third-order valence-electron chi connectivity index (χ3n) is 4.33. The number of nitrogens with zero attached hydrogens (tertiary/aromatic N) is 2. The highest BCUT2D eigenvalue weighted by molar-refractivity contribution is 5.98. The van der Waals surface area contributed by atoms with E-state index >= 15 is 0 Å². The minimum atomic E-state index is -0.331. The van der Waals surface area contributed by atoms with Crippen LogP contribution in [-0.4, -0.2) is 35.2 Å². The highest BCUT2D eigenvalue weighted by Crippen LogP contribution is 2.33. The first-order valence-electron chi connectivity index (χ1n) is 7.32. The zero-order valence-electron chi connectivity index (χ0n) is 11.8. The summed E-state index contributed by atoms with van der Waals surface area (Å²) in [5.41, 5.74) is 2.29. The van der Waals surface area contributed by atoms with Crippen LogP contribution in [0.2, 0.25) is 0 Å². The molecule has 0 N–H and O–H groups in total. The molecular weight excluding hydrogens is 268 g/mol. The van der Waals surface area contributed by atoms with Crippen molar-refractivity contribution in [3.63, 3.8) is 0 Å². The summed E-state index contributed by atoms with van der Waals surface area (Å²) in [6.07, 6.45) is 2.25. The molecule has 1 aromatic rings. The standard InChI is InChI=1S/C16H18N2O3/c19-16-13-6-8-17(9-7-13)15(16)14(11-18(20)21)10-12-4-2-1-3-5-12/h1-5,13H,6-11H2/b15-14+. The molecule has 2 bridgehead atoms. The van der Waals surface area contributed by atoms with Crippen LogP contribution in [0.5, 0.6) is 0 Å². The number of benzene rings is 1. The summed E-state index contributed by atoms with van der Waals surface area (Å²) >= 11 is 0. The molecule has 0 radical (unpaired) electrons. The van der Waals surface area contributed by atoms with Gasteiger partial charge in [0.05, 0.1) is 5.70 Å². The number of piperidine rings is 3. The Balaban J connectivity index is 1.96. The zero-order valence-corrected chi connectivity index (χ0v) is 11.8. The van der Waals surface area contributed by atoms with Crippen molar-refractivity contribution in [3.05, 3.63) is 57.3 Å². The fourth-order valence-electron chi connectivity index (χ4n) is 3.32. The van der Waals surface area contributed by atoms with Crippen molar-refractivity contribution in [1.29, 1.82) is 0 Å². The highest BCUT2D eigenvalue weighted by Gasteiger charge is 2.38. The average Bonchev–Trinajstić information content (AvgIpc) is 2.48. The van der Waals surface area contributed by atoms with E-state index in [2.05, 4.69) is 0 Å². The van der Waals surface area contributed by atoms with Crippen LogP contribution in [0.25, 0.3) is 0 Å². The minimum absolute atomic E-state index is 0.0718. The molecule has 3 heterocycles. The summed E-state index contributed by atoms with van der Waals surface area (Å²) in [5.74, 6) is 0.183. The van der Waals surface area contributed by atoms with Gasteiger partial charge < -0.3 is 4.90 Å². The van der Waals surface area contributed by atoms with Gasteiger partial charge in [0, 0.05) is 35.9 Å². The van der Waals surface area contributed by atoms with E-state index in [-0.39, 0.29) is 23.2 Å². The number of nitro groups is 1. The van der Waals surface area contributed by atoms with Gasteiger partial charge >= 0.3 is 0 Å². The van der Waals surface area contributed by atoms with Crippen LogP contribution in [-0.2, 0) is 11.2 Å². The quantitative estimate of drug-likeness (QED) is 0.483. The predicted octanol–water partition coefficient (Wildman–Crippen LogP) is 2.05. The molecule has 5 heteroatoms. The van der Waals surface area contributed by atoms with E-state index in [1.165, 1.54) is 0 Å². The van der Waals surface area contributed by atoms with Crippen molar-refractivity contribution >= 4 is 5.78 Å². The molecule has 3 aliphatic rings. The monoisotopic (exact) mass is 286 g/mol. The van der Waals surface area contributed by atoms with Crippen molar-refractivity contribution in [3.8, 4) is 0 Å². The van der Waals surface area contributed by atoms with Crippen LogP contribution in [0, 0.1) is 16.0 Å². The SMILES string of the molecule is O=C1/C(=C(/Cc2ccccc2)C[N+](=O)[O-])N2CCC1CC2. The summed E-state index contributed by atoms with van der Waals surface area (Å²) < 4.78 is 0. The van der Waals surface area contributed by atoms with Crippen LogP contribution in [0.1, 0.15) is 18.4 Å². The Morgan fingerprint density at radius 3 is 2.48 bits per heavy atom. The maximum Gasteiger partial charge on any atom is 0.227 e. The lowest BCUT2D eigenvalue weighted by atomic mass is 9.82. The van der Waals surface area contributed by atoms with Gasteiger partial charge in [-0.25, -0.2) is 0 Å².